The first-order valence-electron chi connectivity index (χ1n) is 4.65. The Morgan fingerprint density at radius 3 is 2.82 bits per heavy atom. The third-order valence-corrected chi connectivity index (χ3v) is 2.29. The summed E-state index contributed by atoms with van der Waals surface area (Å²) in [5, 5.41) is 0. The molecule has 0 heteroatoms. The smallest absolute Gasteiger partial charge is 0.00884 e. The molecule has 0 nitrogen and oxygen atoms in total. The van der Waals surface area contributed by atoms with Crippen LogP contribution in [0.4, 0.5) is 0 Å². The predicted molar refractivity (Wildman–Crippen MR) is 49.2 cm³/mol. The number of rotatable bonds is 4. The Kier molecular flexibility index (Phi) is 3.41. The minimum Gasteiger partial charge on any atom is -0.0798 e. The third kappa shape index (κ3) is 2.21. The Morgan fingerprint density at radius 2 is 2.36 bits per heavy atom. The van der Waals surface area contributed by atoms with Crippen LogP contribution in [0.2, 0.25) is 0 Å². The van der Waals surface area contributed by atoms with Crippen LogP contribution in [-0.4, -0.2) is 0 Å². The summed E-state index contributed by atoms with van der Waals surface area (Å²) in [7, 11) is 0. The van der Waals surface area contributed by atoms with Crippen LogP contribution in [0, 0.1) is 12.0 Å². The molecule has 0 saturated heterocycles. The normalized spacial score (nSPS) is 18.5. The molecule has 1 aliphatic rings. The van der Waals surface area contributed by atoms with E-state index in [2.05, 4.69) is 32.1 Å². The fourth-order valence-electron chi connectivity index (χ4n) is 1.63. The van der Waals surface area contributed by atoms with E-state index in [1.54, 1.807) is 0 Å². The van der Waals surface area contributed by atoms with Crippen molar-refractivity contribution in [3.8, 4) is 0 Å². The highest BCUT2D eigenvalue weighted by Crippen LogP contribution is 2.24. The van der Waals surface area contributed by atoms with Crippen molar-refractivity contribution in [1.82, 2.24) is 0 Å². The molecule has 11 heavy (non-hydrogen) atoms. The van der Waals surface area contributed by atoms with Gasteiger partial charge in [-0.3, -0.25) is 0 Å². The highest BCUT2D eigenvalue weighted by molar-refractivity contribution is 5.24. The summed E-state index contributed by atoms with van der Waals surface area (Å²) in [6.45, 7) is 4.52. The molecule has 0 N–H and O–H groups in total. The monoisotopic (exact) mass is 149 g/mol. The van der Waals surface area contributed by atoms with Gasteiger partial charge in [-0.25, -0.2) is 0 Å². The number of allylic oxidation sites excluding steroid dienone is 4. The van der Waals surface area contributed by atoms with Gasteiger partial charge in [0.1, 0.15) is 0 Å². The molecule has 0 aromatic rings. The Bertz CT molecular complexity index is 163. The second-order valence-corrected chi connectivity index (χ2v) is 3.13. The summed E-state index contributed by atoms with van der Waals surface area (Å²) in [6, 6.07) is 0. The van der Waals surface area contributed by atoms with Crippen LogP contribution in [0.3, 0.4) is 0 Å². The topological polar surface area (TPSA) is 0 Å². The van der Waals surface area contributed by atoms with E-state index in [9.17, 15) is 0 Å². The average molecular weight is 149 g/mol. The van der Waals surface area contributed by atoms with Crippen LogP contribution in [0.25, 0.3) is 0 Å². The summed E-state index contributed by atoms with van der Waals surface area (Å²) in [4.78, 5) is 0. The summed E-state index contributed by atoms with van der Waals surface area (Å²) in [6.07, 6.45) is 12.8. The summed E-state index contributed by atoms with van der Waals surface area (Å²) < 4.78 is 0. The molecule has 1 rings (SSSR count). The van der Waals surface area contributed by atoms with Crippen molar-refractivity contribution >= 4 is 0 Å². The van der Waals surface area contributed by atoms with E-state index in [4.69, 9.17) is 0 Å². The zero-order valence-corrected chi connectivity index (χ0v) is 7.56. The maximum atomic E-state index is 3.40. The molecule has 1 radical (unpaired) electrons. The Morgan fingerprint density at radius 1 is 1.55 bits per heavy atom. The van der Waals surface area contributed by atoms with Gasteiger partial charge in [0.15, 0.2) is 0 Å². The van der Waals surface area contributed by atoms with Crippen LogP contribution in [0.15, 0.2) is 17.7 Å². The van der Waals surface area contributed by atoms with E-state index >= 15 is 0 Å². The molecule has 0 spiro atoms. The first-order chi connectivity index (χ1) is 5.38. The zero-order chi connectivity index (χ0) is 8.10. The SMILES string of the molecule is CCCC(CC)C1=[C]CC=C1. The molecule has 0 aromatic heterocycles. The first-order valence-corrected chi connectivity index (χ1v) is 4.65. The molecular weight excluding hydrogens is 132 g/mol. The lowest BCUT2D eigenvalue weighted by Gasteiger charge is -2.12. The van der Waals surface area contributed by atoms with Crippen LogP contribution in [0.5, 0.6) is 0 Å². The minimum atomic E-state index is 0.777. The lowest BCUT2D eigenvalue weighted by atomic mass is 9.93. The Hall–Kier alpha value is -0.520. The Balaban J connectivity index is 2.47. The van der Waals surface area contributed by atoms with E-state index in [-0.39, 0.29) is 0 Å². The van der Waals surface area contributed by atoms with Gasteiger partial charge in [0, 0.05) is 0 Å². The zero-order valence-electron chi connectivity index (χ0n) is 7.56. The van der Waals surface area contributed by atoms with Gasteiger partial charge >= 0.3 is 0 Å². The van der Waals surface area contributed by atoms with Gasteiger partial charge in [-0.05, 0) is 36.8 Å². The highest BCUT2D eigenvalue weighted by atomic mass is 14.1. The van der Waals surface area contributed by atoms with Crippen LogP contribution >= 0.6 is 0 Å². The molecule has 0 fully saturated rings. The van der Waals surface area contributed by atoms with E-state index in [1.165, 1.54) is 24.8 Å². The van der Waals surface area contributed by atoms with Gasteiger partial charge < -0.3 is 0 Å². The number of hydrogen-bond acceptors (Lipinski definition) is 0. The molecule has 0 aromatic carbocycles. The molecule has 0 aliphatic heterocycles. The molecule has 0 saturated carbocycles. The van der Waals surface area contributed by atoms with Gasteiger partial charge in [-0.15, -0.1) is 0 Å². The van der Waals surface area contributed by atoms with Crippen LogP contribution in [0.1, 0.15) is 39.5 Å². The molecular formula is C11H17. The lowest BCUT2D eigenvalue weighted by Crippen LogP contribution is -1.99. The van der Waals surface area contributed by atoms with Gasteiger partial charge in [0.25, 0.3) is 0 Å². The third-order valence-electron chi connectivity index (χ3n) is 2.29. The second-order valence-electron chi connectivity index (χ2n) is 3.13. The maximum absolute atomic E-state index is 3.40. The van der Waals surface area contributed by atoms with Crippen molar-refractivity contribution in [2.24, 2.45) is 5.92 Å². The fraction of sp³-hybridized carbons (Fsp3) is 0.636. The molecule has 0 heterocycles. The van der Waals surface area contributed by atoms with Gasteiger partial charge in [-0.1, -0.05) is 32.4 Å². The fourth-order valence-corrected chi connectivity index (χ4v) is 1.63. The summed E-state index contributed by atoms with van der Waals surface area (Å²) in [5.74, 6) is 0.777. The van der Waals surface area contributed by atoms with Crippen LogP contribution in [-0.2, 0) is 0 Å². The molecule has 1 unspecified atom stereocenters. The molecule has 1 atom stereocenters. The van der Waals surface area contributed by atoms with Crippen molar-refractivity contribution in [1.29, 1.82) is 0 Å². The Labute approximate surface area is 70.0 Å². The second kappa shape index (κ2) is 4.38. The predicted octanol–water partition coefficient (Wildman–Crippen LogP) is 3.50. The van der Waals surface area contributed by atoms with Gasteiger partial charge in [0.05, 0.1) is 0 Å². The first kappa shape index (κ1) is 8.58. The van der Waals surface area contributed by atoms with Crippen molar-refractivity contribution in [3.05, 3.63) is 23.8 Å². The van der Waals surface area contributed by atoms with Crippen molar-refractivity contribution in [2.75, 3.05) is 0 Å². The lowest BCUT2D eigenvalue weighted by molar-refractivity contribution is 0.543. The maximum Gasteiger partial charge on any atom is -0.00884 e. The molecule has 0 bridgehead atoms. The minimum absolute atomic E-state index is 0.777. The average Bonchev–Trinajstić information content (AvgIpc) is 2.52. The summed E-state index contributed by atoms with van der Waals surface area (Å²) >= 11 is 0. The van der Waals surface area contributed by atoms with E-state index in [1.807, 2.05) is 0 Å². The molecule has 0 amide bonds. The largest absolute Gasteiger partial charge is 0.0798 e. The van der Waals surface area contributed by atoms with E-state index in [0.29, 0.717) is 0 Å². The van der Waals surface area contributed by atoms with Gasteiger partial charge in [-0.2, -0.15) is 0 Å². The standard InChI is InChI=1S/C11H17/c1-3-7-10(4-2)11-8-5-6-9-11/h5,8,10H,3-4,6-7H2,1-2H3. The van der Waals surface area contributed by atoms with Crippen molar-refractivity contribution < 1.29 is 0 Å². The van der Waals surface area contributed by atoms with E-state index in [0.717, 1.165) is 12.3 Å². The molecule has 1 aliphatic carbocycles. The van der Waals surface area contributed by atoms with Crippen molar-refractivity contribution in [2.45, 2.75) is 39.5 Å². The van der Waals surface area contributed by atoms with Gasteiger partial charge in [0.2, 0.25) is 0 Å². The van der Waals surface area contributed by atoms with E-state index < -0.39 is 0 Å². The van der Waals surface area contributed by atoms with Crippen LogP contribution < -0.4 is 0 Å². The highest BCUT2D eigenvalue weighted by Gasteiger charge is 2.10. The van der Waals surface area contributed by atoms with Crippen molar-refractivity contribution in [3.63, 3.8) is 0 Å². The quantitative estimate of drug-likeness (QED) is 0.574. The number of hydrogen-bond donors (Lipinski definition) is 0. The summed E-state index contributed by atoms with van der Waals surface area (Å²) in [5.41, 5.74) is 1.45. The molecule has 61 valence electrons.